The Hall–Kier alpha value is -3.76. The molecule has 5 aliphatic rings. The normalized spacial score (nSPS) is 28.2. The van der Waals surface area contributed by atoms with Crippen molar-refractivity contribution >= 4 is 11.6 Å². The van der Waals surface area contributed by atoms with Gasteiger partial charge in [-0.1, -0.05) is 0 Å². The maximum atomic E-state index is 13.8. The predicted molar refractivity (Wildman–Crippen MR) is 135 cm³/mol. The maximum absolute atomic E-state index is 13.8. The number of fused-ring (bicyclic) bond motifs is 1. The predicted octanol–water partition coefficient (Wildman–Crippen LogP) is 3.00. The van der Waals surface area contributed by atoms with Crippen LogP contribution in [0.4, 0.5) is 0 Å². The second kappa shape index (κ2) is 8.89. The number of hydrogen-bond donors (Lipinski definition) is 4. The van der Waals surface area contributed by atoms with Gasteiger partial charge in [0.2, 0.25) is 12.6 Å². The van der Waals surface area contributed by atoms with Gasteiger partial charge >= 0.3 is 0 Å². The number of aromatic hydroxyl groups is 1. The summed E-state index contributed by atoms with van der Waals surface area (Å²) in [4.78, 5) is 27.3. The highest BCUT2D eigenvalue weighted by molar-refractivity contribution is 6.13. The van der Waals surface area contributed by atoms with Gasteiger partial charge in [-0.2, -0.15) is 0 Å². The highest BCUT2D eigenvalue weighted by atomic mass is 16.7. The minimum Gasteiger partial charge on any atom is -0.507 e. The van der Waals surface area contributed by atoms with E-state index < -0.39 is 47.4 Å². The third-order valence-corrected chi connectivity index (χ3v) is 8.40. The molecule has 0 saturated heterocycles. The van der Waals surface area contributed by atoms with Gasteiger partial charge in [-0.15, -0.1) is 0 Å². The van der Waals surface area contributed by atoms with Gasteiger partial charge in [0.25, 0.3) is 0 Å². The van der Waals surface area contributed by atoms with Crippen LogP contribution in [0.2, 0.25) is 0 Å². The summed E-state index contributed by atoms with van der Waals surface area (Å²) >= 11 is 0. The van der Waals surface area contributed by atoms with Gasteiger partial charge in [0.1, 0.15) is 17.3 Å². The summed E-state index contributed by atoms with van der Waals surface area (Å²) in [7, 11) is 2.74. The van der Waals surface area contributed by atoms with Gasteiger partial charge in [0.05, 0.1) is 37.9 Å². The summed E-state index contributed by atoms with van der Waals surface area (Å²) in [5.74, 6) is -3.42. The summed E-state index contributed by atoms with van der Waals surface area (Å²) in [5, 5.41) is 43.6. The monoisotopic (exact) mass is 538 g/mol. The van der Waals surface area contributed by atoms with Crippen LogP contribution < -0.4 is 4.74 Å². The molecule has 10 heteroatoms. The third kappa shape index (κ3) is 3.40. The molecule has 4 aliphatic carbocycles. The Morgan fingerprint density at radius 2 is 1.59 bits per heavy atom. The van der Waals surface area contributed by atoms with Gasteiger partial charge in [-0.3, -0.25) is 9.59 Å². The first kappa shape index (κ1) is 25.5. The zero-order valence-corrected chi connectivity index (χ0v) is 22.0. The number of aliphatic hydroxyl groups excluding tert-OH is 3. The quantitative estimate of drug-likeness (QED) is 0.425. The van der Waals surface area contributed by atoms with Crippen molar-refractivity contribution in [2.75, 3.05) is 21.0 Å². The molecule has 4 unspecified atom stereocenters. The molecule has 6 rings (SSSR count). The average Bonchev–Trinajstić information content (AvgIpc) is 3.03. The SMILES string of the molecule is COC1=C(C[C@@H](C)O)C2c3c(c(O)cc4c3C3C(=CC(=O)C5=C(O)C(OC)=C(C[C@@H](C)O)C2C53)OCO4)C1=O. The van der Waals surface area contributed by atoms with E-state index in [9.17, 15) is 30.0 Å². The van der Waals surface area contributed by atoms with E-state index in [4.69, 9.17) is 18.9 Å². The van der Waals surface area contributed by atoms with Crippen molar-refractivity contribution in [3.8, 4) is 11.5 Å². The topological polar surface area (TPSA) is 152 Å². The lowest BCUT2D eigenvalue weighted by atomic mass is 9.51. The molecule has 6 atom stereocenters. The molecule has 206 valence electrons. The van der Waals surface area contributed by atoms with Gasteiger partial charge in [-0.05, 0) is 43.4 Å². The molecule has 39 heavy (non-hydrogen) atoms. The number of allylic oxidation sites excluding steroid dienone is 4. The highest BCUT2D eigenvalue weighted by Crippen LogP contribution is 2.66. The molecule has 0 radical (unpaired) electrons. The molecular formula is C29H30O10. The van der Waals surface area contributed by atoms with E-state index in [0.29, 0.717) is 33.8 Å². The van der Waals surface area contributed by atoms with Crippen LogP contribution in [0.3, 0.4) is 0 Å². The number of methoxy groups -OCH3 is 2. The lowest BCUT2D eigenvalue weighted by molar-refractivity contribution is -0.113. The molecule has 0 aromatic heterocycles. The number of phenolic OH excluding ortho intramolecular Hbond substituents is 1. The van der Waals surface area contributed by atoms with E-state index in [-0.39, 0.29) is 53.8 Å². The van der Waals surface area contributed by atoms with Crippen LogP contribution in [-0.4, -0.2) is 65.2 Å². The number of hydrogen-bond acceptors (Lipinski definition) is 10. The third-order valence-electron chi connectivity index (χ3n) is 8.40. The number of ketones is 2. The maximum Gasteiger partial charge on any atom is 0.231 e. The lowest BCUT2D eigenvalue weighted by Gasteiger charge is -2.51. The van der Waals surface area contributed by atoms with Crippen LogP contribution in [0.1, 0.15) is 60.0 Å². The van der Waals surface area contributed by atoms with E-state index in [1.165, 1.54) is 26.4 Å². The minimum absolute atomic E-state index is 0.00137. The van der Waals surface area contributed by atoms with E-state index in [2.05, 4.69) is 0 Å². The van der Waals surface area contributed by atoms with Crippen LogP contribution in [0.25, 0.3) is 0 Å². The van der Waals surface area contributed by atoms with Crippen molar-refractivity contribution in [2.45, 2.75) is 50.7 Å². The lowest BCUT2D eigenvalue weighted by Crippen LogP contribution is -2.46. The van der Waals surface area contributed by atoms with E-state index in [1.54, 1.807) is 13.8 Å². The zero-order valence-electron chi connectivity index (χ0n) is 22.0. The second-order valence-electron chi connectivity index (χ2n) is 10.7. The molecule has 4 N–H and O–H groups in total. The van der Waals surface area contributed by atoms with Crippen LogP contribution in [-0.2, 0) is 19.0 Å². The zero-order chi connectivity index (χ0) is 27.9. The van der Waals surface area contributed by atoms with Crippen LogP contribution in [0.5, 0.6) is 11.5 Å². The van der Waals surface area contributed by atoms with Crippen LogP contribution >= 0.6 is 0 Å². The van der Waals surface area contributed by atoms with Crippen molar-refractivity contribution in [1.29, 1.82) is 0 Å². The second-order valence-corrected chi connectivity index (χ2v) is 10.7. The van der Waals surface area contributed by atoms with Crippen molar-refractivity contribution in [1.82, 2.24) is 0 Å². The molecule has 0 fully saturated rings. The van der Waals surface area contributed by atoms with Gasteiger partial charge in [0.15, 0.2) is 23.1 Å². The summed E-state index contributed by atoms with van der Waals surface area (Å²) in [6, 6.07) is 1.37. The van der Waals surface area contributed by atoms with Gasteiger partial charge in [0, 0.05) is 41.0 Å². The largest absolute Gasteiger partial charge is 0.507 e. The molecule has 1 aromatic rings. The Labute approximate surface area is 224 Å². The summed E-state index contributed by atoms with van der Waals surface area (Å²) in [6.07, 6.45) is -0.189. The fraction of sp³-hybridized carbons (Fsp3) is 0.448. The van der Waals surface area contributed by atoms with Crippen molar-refractivity contribution < 1.29 is 49.0 Å². The number of aliphatic hydroxyl groups is 3. The van der Waals surface area contributed by atoms with Gasteiger partial charge < -0.3 is 39.4 Å². The fourth-order valence-electron chi connectivity index (χ4n) is 7.32. The number of Topliss-reactive ketones (excluding diaryl/α,β-unsaturated/α-hetero) is 1. The standard InChI is InChI=1S/C29H30O10/c1-10(30)5-12-18-19-13(6-11(2)31)29(37-4)27(35)21-15(33)8-17-23(25(19)21)22-16(38-9-39-17)7-14(32)20(24(18)22)26(34)28(12)36-3/h7-8,10-11,18-19,22,24,30-31,33-34H,5-6,9H2,1-4H3/t10-,11-,18?,19?,22?,24?/m1/s1. The molecule has 0 saturated carbocycles. The molecule has 1 aromatic carbocycles. The van der Waals surface area contributed by atoms with E-state index >= 15 is 0 Å². The van der Waals surface area contributed by atoms with Crippen LogP contribution in [0, 0.1) is 11.8 Å². The average molecular weight is 539 g/mol. The Bertz CT molecular complexity index is 1440. The van der Waals surface area contributed by atoms with E-state index in [0.717, 1.165) is 0 Å². The Morgan fingerprint density at radius 3 is 2.23 bits per heavy atom. The molecule has 1 aliphatic heterocycles. The number of ether oxygens (including phenoxy) is 4. The number of carbonyl (C=O) groups excluding carboxylic acids is 2. The van der Waals surface area contributed by atoms with Crippen molar-refractivity contribution in [2.24, 2.45) is 11.8 Å². The summed E-state index contributed by atoms with van der Waals surface area (Å²) < 4.78 is 23.0. The first-order chi connectivity index (χ1) is 18.6. The fourth-order valence-corrected chi connectivity index (χ4v) is 7.32. The number of benzene rings is 1. The molecular weight excluding hydrogens is 508 g/mol. The Balaban J connectivity index is 1.79. The molecule has 1 heterocycles. The highest BCUT2D eigenvalue weighted by Gasteiger charge is 2.59. The molecule has 0 bridgehead atoms. The van der Waals surface area contributed by atoms with Crippen molar-refractivity contribution in [3.05, 3.63) is 68.6 Å². The smallest absolute Gasteiger partial charge is 0.231 e. The Kier molecular flexibility index (Phi) is 5.82. The van der Waals surface area contributed by atoms with Crippen molar-refractivity contribution in [3.63, 3.8) is 0 Å². The summed E-state index contributed by atoms with van der Waals surface area (Å²) in [5.41, 5.74) is 2.33. The first-order valence-electron chi connectivity index (χ1n) is 12.9. The number of rotatable bonds is 6. The summed E-state index contributed by atoms with van der Waals surface area (Å²) in [6.45, 7) is 2.99. The first-order valence-corrected chi connectivity index (χ1v) is 12.9. The van der Waals surface area contributed by atoms with Crippen LogP contribution in [0.15, 0.2) is 51.9 Å². The molecule has 0 spiro atoms. The number of carbonyl (C=O) groups is 2. The Morgan fingerprint density at radius 1 is 0.923 bits per heavy atom. The molecule has 0 amide bonds. The molecule has 10 nitrogen and oxygen atoms in total. The number of phenols is 1. The minimum atomic E-state index is -0.853. The van der Waals surface area contributed by atoms with E-state index in [1.807, 2.05) is 0 Å². The van der Waals surface area contributed by atoms with Gasteiger partial charge in [-0.25, -0.2) is 0 Å².